The number of aryl methyl sites for hydroxylation is 2. The highest BCUT2D eigenvalue weighted by Crippen LogP contribution is 2.38. The molecule has 156 valence electrons. The first kappa shape index (κ1) is 22.1. The summed E-state index contributed by atoms with van der Waals surface area (Å²) in [5.41, 5.74) is 3.22. The van der Waals surface area contributed by atoms with Crippen LogP contribution in [0, 0.1) is 13.8 Å². The largest absolute Gasteiger partial charge is 0.493 e. The summed E-state index contributed by atoms with van der Waals surface area (Å²) in [5.74, 6) is 0.392. The van der Waals surface area contributed by atoms with Crippen LogP contribution in [0.25, 0.3) is 0 Å². The third kappa shape index (κ3) is 5.40. The van der Waals surface area contributed by atoms with Crippen molar-refractivity contribution < 1.29 is 28.5 Å². The van der Waals surface area contributed by atoms with E-state index < -0.39 is 12.1 Å². The van der Waals surface area contributed by atoms with Gasteiger partial charge < -0.3 is 24.3 Å². The summed E-state index contributed by atoms with van der Waals surface area (Å²) in [5, 5.41) is 2.83. The number of ether oxygens (including phenoxy) is 4. The molecule has 2 aromatic carbocycles. The molecule has 0 spiro atoms. The molecule has 0 bridgehead atoms. The van der Waals surface area contributed by atoms with Crippen LogP contribution < -0.4 is 19.5 Å². The quantitative estimate of drug-likeness (QED) is 0.683. The Labute approximate surface area is 170 Å². The molecule has 0 aliphatic carbocycles. The second kappa shape index (κ2) is 9.82. The van der Waals surface area contributed by atoms with Crippen LogP contribution in [0.2, 0.25) is 0 Å². The highest BCUT2D eigenvalue weighted by molar-refractivity contribution is 5.96. The first-order chi connectivity index (χ1) is 13.8. The Morgan fingerprint density at radius 2 is 1.52 bits per heavy atom. The van der Waals surface area contributed by atoms with E-state index in [1.807, 2.05) is 32.0 Å². The van der Waals surface area contributed by atoms with E-state index in [4.69, 9.17) is 18.9 Å². The van der Waals surface area contributed by atoms with Gasteiger partial charge in [-0.05, 0) is 49.6 Å². The monoisotopic (exact) mass is 401 g/mol. The number of carbonyl (C=O) groups excluding carboxylic acids is 2. The molecule has 7 nitrogen and oxygen atoms in total. The van der Waals surface area contributed by atoms with Crippen LogP contribution in [-0.2, 0) is 20.7 Å². The zero-order valence-electron chi connectivity index (χ0n) is 17.6. The van der Waals surface area contributed by atoms with Gasteiger partial charge in [0.1, 0.15) is 0 Å². The number of esters is 1. The molecule has 1 atom stereocenters. The third-order valence-electron chi connectivity index (χ3n) is 4.48. The van der Waals surface area contributed by atoms with Gasteiger partial charge in [0, 0.05) is 5.69 Å². The lowest BCUT2D eigenvalue weighted by atomic mass is 10.1. The predicted octanol–water partition coefficient (Wildman–Crippen LogP) is 3.44. The lowest BCUT2D eigenvalue weighted by Gasteiger charge is -2.17. The van der Waals surface area contributed by atoms with Crippen LogP contribution in [0.5, 0.6) is 17.2 Å². The minimum Gasteiger partial charge on any atom is -0.493 e. The fourth-order valence-corrected chi connectivity index (χ4v) is 2.93. The Bertz CT molecular complexity index is 848. The Balaban J connectivity index is 2.06. The van der Waals surface area contributed by atoms with Crippen LogP contribution in [0.1, 0.15) is 23.6 Å². The molecule has 0 saturated carbocycles. The molecule has 1 N–H and O–H groups in total. The maximum atomic E-state index is 12.4. The lowest BCUT2D eigenvalue weighted by molar-refractivity contribution is -0.152. The van der Waals surface area contributed by atoms with Crippen molar-refractivity contribution in [2.24, 2.45) is 0 Å². The molecular formula is C22H27NO6. The van der Waals surface area contributed by atoms with E-state index in [0.29, 0.717) is 22.8 Å². The smallest absolute Gasteiger partial charge is 0.311 e. The molecular weight excluding hydrogens is 374 g/mol. The van der Waals surface area contributed by atoms with Crippen molar-refractivity contribution in [2.45, 2.75) is 33.3 Å². The number of nitrogens with one attached hydrogen (secondary N) is 1. The fraction of sp³-hybridized carbons (Fsp3) is 0.364. The van der Waals surface area contributed by atoms with Crippen molar-refractivity contribution in [1.82, 2.24) is 0 Å². The average molecular weight is 401 g/mol. The number of anilines is 1. The Morgan fingerprint density at radius 3 is 2.00 bits per heavy atom. The summed E-state index contributed by atoms with van der Waals surface area (Å²) in [4.78, 5) is 24.8. The van der Waals surface area contributed by atoms with Gasteiger partial charge in [-0.1, -0.05) is 18.2 Å². The molecule has 29 heavy (non-hydrogen) atoms. The van der Waals surface area contributed by atoms with E-state index in [1.165, 1.54) is 28.3 Å². The molecule has 0 fully saturated rings. The molecule has 0 heterocycles. The molecule has 0 unspecified atom stereocenters. The van der Waals surface area contributed by atoms with Crippen molar-refractivity contribution in [3.8, 4) is 17.2 Å². The zero-order chi connectivity index (χ0) is 21.6. The van der Waals surface area contributed by atoms with Crippen molar-refractivity contribution in [3.05, 3.63) is 47.0 Å². The number of benzene rings is 2. The van der Waals surface area contributed by atoms with Crippen LogP contribution in [0.3, 0.4) is 0 Å². The van der Waals surface area contributed by atoms with Gasteiger partial charge in [0.05, 0.1) is 27.8 Å². The van der Waals surface area contributed by atoms with E-state index in [0.717, 1.165) is 16.8 Å². The Hall–Kier alpha value is -3.22. The van der Waals surface area contributed by atoms with Crippen molar-refractivity contribution in [2.75, 3.05) is 26.6 Å². The molecule has 0 radical (unpaired) electrons. The second-order valence-electron chi connectivity index (χ2n) is 6.60. The SMILES string of the molecule is COc1cc(CC(=O)O[C@H](C)C(=O)Nc2c(C)cccc2C)cc(OC)c1OC. The summed E-state index contributed by atoms with van der Waals surface area (Å²) in [7, 11) is 4.50. The number of para-hydroxylation sites is 1. The minimum absolute atomic E-state index is 0.0439. The number of hydrogen-bond acceptors (Lipinski definition) is 6. The van der Waals surface area contributed by atoms with E-state index in [9.17, 15) is 9.59 Å². The van der Waals surface area contributed by atoms with E-state index in [2.05, 4.69) is 5.32 Å². The molecule has 0 aromatic heterocycles. The highest BCUT2D eigenvalue weighted by Gasteiger charge is 2.21. The van der Waals surface area contributed by atoms with Gasteiger partial charge in [-0.2, -0.15) is 0 Å². The number of methoxy groups -OCH3 is 3. The summed E-state index contributed by atoms with van der Waals surface area (Å²) in [6.07, 6.45) is -0.985. The van der Waals surface area contributed by atoms with Gasteiger partial charge in [0.15, 0.2) is 17.6 Å². The third-order valence-corrected chi connectivity index (χ3v) is 4.48. The minimum atomic E-state index is -0.941. The van der Waals surface area contributed by atoms with Gasteiger partial charge in [0.25, 0.3) is 5.91 Å². The van der Waals surface area contributed by atoms with Crippen LogP contribution >= 0.6 is 0 Å². The average Bonchev–Trinajstić information content (AvgIpc) is 2.69. The lowest BCUT2D eigenvalue weighted by Crippen LogP contribution is -2.31. The molecule has 2 aromatic rings. The number of amides is 1. The summed E-state index contributed by atoms with van der Waals surface area (Å²) >= 11 is 0. The van der Waals surface area contributed by atoms with Crippen molar-refractivity contribution in [1.29, 1.82) is 0 Å². The highest BCUT2D eigenvalue weighted by atomic mass is 16.5. The molecule has 2 rings (SSSR count). The Kier molecular flexibility index (Phi) is 7.47. The molecule has 1 amide bonds. The fourth-order valence-electron chi connectivity index (χ4n) is 2.93. The van der Waals surface area contributed by atoms with Crippen molar-refractivity contribution in [3.63, 3.8) is 0 Å². The van der Waals surface area contributed by atoms with E-state index in [1.54, 1.807) is 12.1 Å². The molecule has 0 saturated heterocycles. The van der Waals surface area contributed by atoms with Gasteiger partial charge in [-0.25, -0.2) is 0 Å². The standard InChI is InChI=1S/C22H27NO6/c1-13-8-7-9-14(2)20(13)23-22(25)15(3)29-19(24)12-16-10-17(26-4)21(28-6)18(11-16)27-5/h7-11,15H,12H2,1-6H3,(H,23,25)/t15-/m1/s1. The maximum Gasteiger partial charge on any atom is 0.311 e. The van der Waals surface area contributed by atoms with Gasteiger partial charge in [-0.3, -0.25) is 9.59 Å². The van der Waals surface area contributed by atoms with Gasteiger partial charge >= 0.3 is 5.97 Å². The van der Waals surface area contributed by atoms with Gasteiger partial charge in [-0.15, -0.1) is 0 Å². The second-order valence-corrected chi connectivity index (χ2v) is 6.60. The molecule has 0 aliphatic rings. The number of rotatable bonds is 8. The van der Waals surface area contributed by atoms with Gasteiger partial charge in [0.2, 0.25) is 5.75 Å². The molecule has 0 aliphatic heterocycles. The van der Waals surface area contributed by atoms with Crippen molar-refractivity contribution >= 4 is 17.6 Å². The van der Waals surface area contributed by atoms with Crippen LogP contribution in [0.15, 0.2) is 30.3 Å². The van der Waals surface area contributed by atoms with Crippen LogP contribution in [-0.4, -0.2) is 39.3 Å². The first-order valence-electron chi connectivity index (χ1n) is 9.16. The first-order valence-corrected chi connectivity index (χ1v) is 9.16. The summed E-state index contributed by atoms with van der Waals surface area (Å²) in [6.45, 7) is 5.35. The summed E-state index contributed by atoms with van der Waals surface area (Å²) in [6, 6.07) is 9.07. The predicted molar refractivity (Wildman–Crippen MR) is 110 cm³/mol. The zero-order valence-corrected chi connectivity index (χ0v) is 17.6. The van der Waals surface area contributed by atoms with Crippen LogP contribution in [0.4, 0.5) is 5.69 Å². The summed E-state index contributed by atoms with van der Waals surface area (Å²) < 4.78 is 21.2. The normalized spacial score (nSPS) is 11.4. The topological polar surface area (TPSA) is 83.1 Å². The maximum absolute atomic E-state index is 12.4. The van der Waals surface area contributed by atoms with E-state index >= 15 is 0 Å². The number of hydrogen-bond donors (Lipinski definition) is 1. The van der Waals surface area contributed by atoms with E-state index in [-0.39, 0.29) is 12.3 Å². The Morgan fingerprint density at radius 1 is 0.966 bits per heavy atom. The number of carbonyl (C=O) groups is 2. The molecule has 7 heteroatoms.